The minimum atomic E-state index is -0.715. The number of ether oxygens (including phenoxy) is 1. The lowest BCUT2D eigenvalue weighted by Crippen LogP contribution is -2.53. The summed E-state index contributed by atoms with van der Waals surface area (Å²) >= 11 is 0. The van der Waals surface area contributed by atoms with E-state index in [2.05, 4.69) is 5.32 Å². The van der Waals surface area contributed by atoms with Gasteiger partial charge in [-0.2, -0.15) is 0 Å². The molecule has 0 aromatic carbocycles. The van der Waals surface area contributed by atoms with E-state index in [-0.39, 0.29) is 5.91 Å². The van der Waals surface area contributed by atoms with Crippen molar-refractivity contribution >= 4 is 5.91 Å². The van der Waals surface area contributed by atoms with Crippen LogP contribution in [0.2, 0.25) is 0 Å². The molecule has 13 heavy (non-hydrogen) atoms. The van der Waals surface area contributed by atoms with Crippen molar-refractivity contribution in [3.05, 3.63) is 0 Å². The number of rotatable bonds is 6. The van der Waals surface area contributed by atoms with Crippen LogP contribution in [0.3, 0.4) is 0 Å². The molecule has 0 aromatic rings. The van der Waals surface area contributed by atoms with E-state index in [0.29, 0.717) is 26.0 Å². The zero-order valence-electron chi connectivity index (χ0n) is 8.72. The Labute approximate surface area is 79.8 Å². The normalized spacial score (nSPS) is 11.4. The predicted octanol–water partition coefficient (Wildman–Crippen LogP) is 0.267. The second-order valence-corrected chi connectivity index (χ2v) is 3.11. The number of nitrogens with two attached hydrogens (primary N) is 1. The average Bonchev–Trinajstić information content (AvgIpc) is 2.17. The molecule has 0 rings (SSSR count). The zero-order valence-corrected chi connectivity index (χ0v) is 8.72. The molecule has 3 N–H and O–H groups in total. The molecular weight excluding hydrogens is 168 g/mol. The molecule has 0 aliphatic heterocycles. The number of amides is 1. The molecule has 0 aromatic heterocycles. The molecule has 0 aliphatic carbocycles. The maximum Gasteiger partial charge on any atom is 0.240 e. The average molecular weight is 188 g/mol. The highest BCUT2D eigenvalue weighted by Gasteiger charge is 2.29. The highest BCUT2D eigenvalue weighted by Crippen LogP contribution is 2.10. The quantitative estimate of drug-likeness (QED) is 0.588. The Kier molecular flexibility index (Phi) is 5.66. The molecule has 4 heteroatoms. The van der Waals surface area contributed by atoms with Crippen LogP contribution in [0.1, 0.15) is 26.7 Å². The predicted molar refractivity (Wildman–Crippen MR) is 52.4 cm³/mol. The van der Waals surface area contributed by atoms with Crippen LogP contribution >= 0.6 is 0 Å². The van der Waals surface area contributed by atoms with Crippen molar-refractivity contribution in [1.82, 2.24) is 5.32 Å². The van der Waals surface area contributed by atoms with E-state index in [9.17, 15) is 4.79 Å². The molecule has 4 nitrogen and oxygen atoms in total. The fourth-order valence-electron chi connectivity index (χ4n) is 1.01. The number of methoxy groups -OCH3 is 1. The van der Waals surface area contributed by atoms with E-state index >= 15 is 0 Å². The van der Waals surface area contributed by atoms with E-state index in [0.717, 1.165) is 0 Å². The summed E-state index contributed by atoms with van der Waals surface area (Å²) in [5.74, 6) is -0.0884. The molecular formula is C9H20N2O2. The van der Waals surface area contributed by atoms with Crippen LogP contribution in [0.15, 0.2) is 0 Å². The Hall–Kier alpha value is -0.610. The van der Waals surface area contributed by atoms with Crippen molar-refractivity contribution in [3.8, 4) is 0 Å². The van der Waals surface area contributed by atoms with Gasteiger partial charge < -0.3 is 15.8 Å². The Morgan fingerprint density at radius 1 is 1.46 bits per heavy atom. The number of carbonyl (C=O) groups excluding carboxylic acids is 1. The van der Waals surface area contributed by atoms with Gasteiger partial charge in [-0.15, -0.1) is 0 Å². The monoisotopic (exact) mass is 188 g/mol. The van der Waals surface area contributed by atoms with Gasteiger partial charge in [0.15, 0.2) is 0 Å². The summed E-state index contributed by atoms with van der Waals surface area (Å²) in [6.45, 7) is 4.88. The summed E-state index contributed by atoms with van der Waals surface area (Å²) in [5.41, 5.74) is 5.15. The fraction of sp³-hybridized carbons (Fsp3) is 0.889. The van der Waals surface area contributed by atoms with Gasteiger partial charge in [-0.1, -0.05) is 13.8 Å². The summed E-state index contributed by atoms with van der Waals surface area (Å²) in [7, 11) is 1.60. The topological polar surface area (TPSA) is 64.4 Å². The van der Waals surface area contributed by atoms with Crippen LogP contribution in [0, 0.1) is 0 Å². The fourth-order valence-corrected chi connectivity index (χ4v) is 1.01. The van der Waals surface area contributed by atoms with Crippen LogP contribution in [-0.4, -0.2) is 31.7 Å². The van der Waals surface area contributed by atoms with Crippen LogP contribution in [0.5, 0.6) is 0 Å². The van der Waals surface area contributed by atoms with Gasteiger partial charge in [0, 0.05) is 13.7 Å². The molecule has 0 atom stereocenters. The van der Waals surface area contributed by atoms with E-state index in [4.69, 9.17) is 10.5 Å². The third kappa shape index (κ3) is 3.74. The van der Waals surface area contributed by atoms with Crippen LogP contribution in [0.4, 0.5) is 0 Å². The van der Waals surface area contributed by atoms with Gasteiger partial charge in [-0.25, -0.2) is 0 Å². The van der Waals surface area contributed by atoms with Gasteiger partial charge in [0.2, 0.25) is 5.91 Å². The first-order valence-corrected chi connectivity index (χ1v) is 4.66. The SMILES string of the molecule is CCC(N)(CC)C(=O)NCCOC. The molecule has 0 saturated carbocycles. The van der Waals surface area contributed by atoms with Crippen molar-refractivity contribution in [2.45, 2.75) is 32.2 Å². The van der Waals surface area contributed by atoms with E-state index in [1.54, 1.807) is 7.11 Å². The van der Waals surface area contributed by atoms with Crippen molar-refractivity contribution in [2.75, 3.05) is 20.3 Å². The smallest absolute Gasteiger partial charge is 0.240 e. The molecule has 0 unspecified atom stereocenters. The maximum absolute atomic E-state index is 11.5. The number of nitrogens with one attached hydrogen (secondary N) is 1. The van der Waals surface area contributed by atoms with Gasteiger partial charge in [-0.3, -0.25) is 4.79 Å². The Morgan fingerprint density at radius 2 is 2.00 bits per heavy atom. The Balaban J connectivity index is 3.92. The highest BCUT2D eigenvalue weighted by molar-refractivity contribution is 5.85. The third-order valence-corrected chi connectivity index (χ3v) is 2.31. The standard InChI is InChI=1S/C9H20N2O2/c1-4-9(10,5-2)8(12)11-6-7-13-3/h4-7,10H2,1-3H3,(H,11,12). The number of hydrogen-bond donors (Lipinski definition) is 2. The number of hydrogen-bond acceptors (Lipinski definition) is 3. The van der Waals surface area contributed by atoms with Gasteiger partial charge in [-0.05, 0) is 12.8 Å². The largest absolute Gasteiger partial charge is 0.383 e. The zero-order chi connectivity index (χ0) is 10.3. The molecule has 0 saturated heterocycles. The Bertz CT molecular complexity index is 156. The lowest BCUT2D eigenvalue weighted by atomic mass is 9.93. The van der Waals surface area contributed by atoms with Crippen molar-refractivity contribution in [3.63, 3.8) is 0 Å². The molecule has 0 heterocycles. The summed E-state index contributed by atoms with van der Waals surface area (Å²) in [4.78, 5) is 11.5. The van der Waals surface area contributed by atoms with Crippen LogP contribution in [0.25, 0.3) is 0 Å². The van der Waals surface area contributed by atoms with E-state index in [1.807, 2.05) is 13.8 Å². The molecule has 0 spiro atoms. The lowest BCUT2D eigenvalue weighted by Gasteiger charge is -2.24. The van der Waals surface area contributed by atoms with Crippen LogP contribution in [-0.2, 0) is 9.53 Å². The molecule has 0 aliphatic rings. The maximum atomic E-state index is 11.5. The lowest BCUT2D eigenvalue weighted by molar-refractivity contribution is -0.126. The third-order valence-electron chi connectivity index (χ3n) is 2.31. The second-order valence-electron chi connectivity index (χ2n) is 3.11. The van der Waals surface area contributed by atoms with E-state index in [1.165, 1.54) is 0 Å². The summed E-state index contributed by atoms with van der Waals surface area (Å²) in [5, 5.41) is 2.74. The first-order valence-electron chi connectivity index (χ1n) is 4.66. The van der Waals surface area contributed by atoms with Crippen molar-refractivity contribution < 1.29 is 9.53 Å². The first kappa shape index (κ1) is 12.4. The van der Waals surface area contributed by atoms with Crippen molar-refractivity contribution in [1.29, 1.82) is 0 Å². The van der Waals surface area contributed by atoms with Gasteiger partial charge in [0.1, 0.15) is 0 Å². The van der Waals surface area contributed by atoms with Gasteiger partial charge in [0.25, 0.3) is 0 Å². The first-order chi connectivity index (χ1) is 6.10. The second kappa shape index (κ2) is 5.94. The molecule has 1 amide bonds. The van der Waals surface area contributed by atoms with Crippen molar-refractivity contribution in [2.24, 2.45) is 5.73 Å². The minimum Gasteiger partial charge on any atom is -0.383 e. The minimum absolute atomic E-state index is 0.0884. The van der Waals surface area contributed by atoms with E-state index < -0.39 is 5.54 Å². The molecule has 78 valence electrons. The van der Waals surface area contributed by atoms with Gasteiger partial charge in [0.05, 0.1) is 12.1 Å². The molecule has 0 radical (unpaired) electrons. The molecule has 0 bridgehead atoms. The van der Waals surface area contributed by atoms with Gasteiger partial charge >= 0.3 is 0 Å². The van der Waals surface area contributed by atoms with Crippen LogP contribution < -0.4 is 11.1 Å². The summed E-state index contributed by atoms with van der Waals surface area (Å²) in [6.07, 6.45) is 1.31. The highest BCUT2D eigenvalue weighted by atomic mass is 16.5. The summed E-state index contributed by atoms with van der Waals surface area (Å²) in [6, 6.07) is 0. The Morgan fingerprint density at radius 3 is 2.38 bits per heavy atom. The molecule has 0 fully saturated rings. The summed E-state index contributed by atoms with van der Waals surface area (Å²) < 4.78 is 4.82. The number of carbonyl (C=O) groups is 1.